The van der Waals surface area contributed by atoms with Crippen LogP contribution in [0, 0.1) is 0 Å². The fraction of sp³-hybridized carbons (Fsp3) is 0.273. The summed E-state index contributed by atoms with van der Waals surface area (Å²) in [6, 6.07) is 54.2. The Balaban J connectivity index is 0.000000171. The van der Waals surface area contributed by atoms with Crippen LogP contribution in [0.4, 0.5) is 0 Å². The van der Waals surface area contributed by atoms with Gasteiger partial charge in [0.05, 0.1) is 49.5 Å². The summed E-state index contributed by atoms with van der Waals surface area (Å²) in [5.41, 5.74) is 20.1. The van der Waals surface area contributed by atoms with Crippen molar-refractivity contribution < 1.29 is 24.6 Å². The molecule has 1 fully saturated rings. The first kappa shape index (κ1) is 52.9. The molecule has 0 amide bonds. The first-order chi connectivity index (χ1) is 31.7. The van der Waals surface area contributed by atoms with Crippen molar-refractivity contribution in [2.75, 3.05) is 66.4 Å². The second-order valence-electron chi connectivity index (χ2n) is 17.7. The van der Waals surface area contributed by atoms with Gasteiger partial charge < -0.3 is 20.9 Å². The molecule has 4 nitrogen and oxygen atoms in total. The molecular weight excluding hydrogens is 1020 g/mol. The molecule has 1 aliphatic rings. The Labute approximate surface area is 414 Å². The standard InChI is InChI=1S/2C24H24P2.C7H14N2O2.2ClH.Ru/c2*1-25(2)21-15-13-17-9-5-7-11-19(17)23(21)24-20-12-8-6-10-18(20)14-16-22(24)26(3)4;1-7(2)10-5(3-8)6(4-9)11-7;;;/h2*5-16H,1-4H3;5-6,8-9H,3-4H2,1-2H3;2*1H;/q;;-2;;;+4/t;;5-,6-;;;/m..0.../s1. The number of rotatable bonds is 8. The minimum atomic E-state index is -0.600. The third-order valence-corrected chi connectivity index (χ3v) is 17.6. The fourth-order valence-corrected chi connectivity index (χ4v) is 13.4. The van der Waals surface area contributed by atoms with Crippen molar-refractivity contribution in [3.05, 3.63) is 157 Å². The number of benzene rings is 8. The third kappa shape index (κ3) is 12.3. The summed E-state index contributed by atoms with van der Waals surface area (Å²) < 4.78 is 10.7. The predicted molar refractivity (Wildman–Crippen MR) is 304 cm³/mol. The molecule has 1 saturated heterocycles. The van der Waals surface area contributed by atoms with Gasteiger partial charge in [0.15, 0.2) is 5.79 Å². The summed E-state index contributed by atoms with van der Waals surface area (Å²) in [4.78, 5) is 0. The molecule has 346 valence electrons. The Morgan fingerprint density at radius 3 is 1.02 bits per heavy atom. The third-order valence-electron chi connectivity index (χ3n) is 11.9. The Bertz CT molecular complexity index is 2520. The maximum atomic E-state index is 7.12. The van der Waals surface area contributed by atoms with Gasteiger partial charge in [-0.25, -0.2) is 0 Å². The van der Waals surface area contributed by atoms with Crippen molar-refractivity contribution in [1.29, 1.82) is 0 Å². The van der Waals surface area contributed by atoms with Crippen molar-refractivity contribution in [3.8, 4) is 22.3 Å². The van der Waals surface area contributed by atoms with Crippen LogP contribution in [0.1, 0.15) is 13.8 Å². The van der Waals surface area contributed by atoms with E-state index in [0.717, 1.165) is 0 Å². The molecule has 1 heterocycles. The fourth-order valence-electron chi connectivity index (χ4n) is 8.96. The Hall–Kier alpha value is -2.44. The van der Waals surface area contributed by atoms with Crippen molar-refractivity contribution >= 4 is 115 Å². The molecule has 66 heavy (non-hydrogen) atoms. The zero-order chi connectivity index (χ0) is 47.7. The van der Waals surface area contributed by atoms with Crippen LogP contribution in [-0.2, 0) is 24.6 Å². The van der Waals surface area contributed by atoms with Gasteiger partial charge in [-0.3, -0.25) is 0 Å². The van der Waals surface area contributed by atoms with Gasteiger partial charge in [-0.1, -0.05) is 149 Å². The van der Waals surface area contributed by atoms with Crippen LogP contribution in [0.3, 0.4) is 0 Å². The summed E-state index contributed by atoms with van der Waals surface area (Å²) in [5.74, 6) is -0.600. The average molecular weight is 1080 g/mol. The second kappa shape index (κ2) is 24.4. The quantitative estimate of drug-likeness (QED) is 0.112. The van der Waals surface area contributed by atoms with Crippen molar-refractivity contribution in [2.24, 2.45) is 0 Å². The maximum absolute atomic E-state index is 7.12. The number of fused-ring (bicyclic) bond motifs is 4. The first-order valence-corrected chi connectivity index (χ1v) is 36.1. The van der Waals surface area contributed by atoms with Crippen molar-refractivity contribution in [2.45, 2.75) is 31.8 Å². The number of ether oxygens (including phenoxy) is 2. The van der Waals surface area contributed by atoms with Gasteiger partial charge in [-0.05, 0) is 117 Å². The molecule has 2 atom stereocenters. The van der Waals surface area contributed by atoms with E-state index in [2.05, 4.69) is 199 Å². The van der Waals surface area contributed by atoms with Crippen molar-refractivity contribution in [3.63, 3.8) is 0 Å². The van der Waals surface area contributed by atoms with E-state index in [1.165, 1.54) is 76.0 Å². The van der Waals surface area contributed by atoms with Gasteiger partial charge in [0.1, 0.15) is 0 Å². The molecule has 0 aliphatic carbocycles. The summed E-state index contributed by atoms with van der Waals surface area (Å²) in [7, 11) is 8.17. The Morgan fingerprint density at radius 1 is 0.470 bits per heavy atom. The van der Waals surface area contributed by atoms with Gasteiger partial charge in [-0.15, -0.1) is 13.1 Å². The van der Waals surface area contributed by atoms with E-state index in [1.54, 1.807) is 10.6 Å². The van der Waals surface area contributed by atoms with Gasteiger partial charge in [0.25, 0.3) is 0 Å². The number of hydrogen-bond donors (Lipinski definition) is 0. The van der Waals surface area contributed by atoms with Crippen LogP contribution in [0.5, 0.6) is 0 Å². The summed E-state index contributed by atoms with van der Waals surface area (Å²) >= 11 is -0.346. The van der Waals surface area contributed by atoms with E-state index in [-0.39, 0.29) is 56.3 Å². The van der Waals surface area contributed by atoms with Gasteiger partial charge in [-0.2, -0.15) is 0 Å². The SMILES string of the molecule is CC1(C)O[C@@H](C[NH-])[C@H](C[NH-])O1.CP(C)c1ccc2ccccc2c1-c1c(P(C)C)ccc2ccccc12.C[PH+](C)c1ccc2ccccc2c1-c1c([PH+](C)C)ccc2ccccc12.[Cl][Ru+2][Cl]. The molecule has 8 aromatic carbocycles. The monoisotopic (exact) mass is 1080 g/mol. The summed E-state index contributed by atoms with van der Waals surface area (Å²) in [6.07, 6.45) is -0.440. The zero-order valence-corrected chi connectivity index (χ0v) is 46.8. The molecular formula is C55H64Cl2N2O2P4Ru+2. The van der Waals surface area contributed by atoms with Crippen LogP contribution >= 0.6 is 51.1 Å². The van der Waals surface area contributed by atoms with Gasteiger partial charge >= 0.3 is 34.5 Å². The van der Waals surface area contributed by atoms with Crippen LogP contribution in [0.2, 0.25) is 0 Å². The number of hydrogen-bond acceptors (Lipinski definition) is 2. The molecule has 0 bridgehead atoms. The molecule has 0 aromatic heterocycles. The zero-order valence-electron chi connectivity index (χ0n) is 39.7. The van der Waals surface area contributed by atoms with Crippen LogP contribution < -0.4 is 21.2 Å². The van der Waals surface area contributed by atoms with Crippen molar-refractivity contribution in [1.82, 2.24) is 0 Å². The number of nitrogens with one attached hydrogen (secondary N) is 2. The normalized spacial score (nSPS) is 15.5. The topological polar surface area (TPSA) is 66.1 Å². The second-order valence-corrected chi connectivity index (χ2v) is 30.0. The van der Waals surface area contributed by atoms with Crippen LogP contribution in [-0.4, -0.2) is 84.4 Å². The number of halogens is 2. The molecule has 1 aliphatic heterocycles. The summed E-state index contributed by atoms with van der Waals surface area (Å²) in [6.45, 7) is 23.1. The van der Waals surface area contributed by atoms with E-state index in [4.69, 9.17) is 40.3 Å². The van der Waals surface area contributed by atoms with Crippen LogP contribution in [0.15, 0.2) is 146 Å². The molecule has 8 aromatic rings. The minimum absolute atomic E-state index is 0.174. The van der Waals surface area contributed by atoms with E-state index in [1.807, 2.05) is 13.8 Å². The predicted octanol–water partition coefficient (Wildman–Crippen LogP) is 15.2. The van der Waals surface area contributed by atoms with E-state index in [0.29, 0.717) is 0 Å². The first-order valence-electron chi connectivity index (χ1n) is 22.2. The average Bonchev–Trinajstić information content (AvgIpc) is 3.63. The molecule has 9 rings (SSSR count). The molecule has 2 N–H and O–H groups in total. The van der Waals surface area contributed by atoms with E-state index in [9.17, 15) is 0 Å². The van der Waals surface area contributed by atoms with Gasteiger partial charge in [0, 0.05) is 27.0 Å². The molecule has 0 saturated carbocycles. The molecule has 0 unspecified atom stereocenters. The van der Waals surface area contributed by atoms with E-state index < -0.39 is 21.6 Å². The summed E-state index contributed by atoms with van der Waals surface area (Å²) in [5, 5.41) is 17.0. The van der Waals surface area contributed by atoms with Crippen LogP contribution in [0.25, 0.3) is 76.8 Å². The molecule has 11 heteroatoms. The van der Waals surface area contributed by atoms with E-state index >= 15 is 0 Å². The molecule has 0 spiro atoms. The Morgan fingerprint density at radius 2 is 0.742 bits per heavy atom. The molecule has 0 radical (unpaired) electrons. The Kier molecular flexibility index (Phi) is 19.6. The van der Waals surface area contributed by atoms with Gasteiger partial charge in [0.2, 0.25) is 0 Å².